The van der Waals surface area contributed by atoms with Crippen LogP contribution in [-0.2, 0) is 11.2 Å². The molecule has 0 bridgehead atoms. The number of ether oxygens (including phenoxy) is 1. The summed E-state index contributed by atoms with van der Waals surface area (Å²) in [6, 6.07) is 11.7. The maximum Gasteiger partial charge on any atom is 0.253 e. The highest BCUT2D eigenvalue weighted by atomic mass is 16.5. The lowest BCUT2D eigenvalue weighted by Crippen LogP contribution is -2.22. The van der Waals surface area contributed by atoms with E-state index >= 15 is 0 Å². The van der Waals surface area contributed by atoms with E-state index in [0.29, 0.717) is 28.1 Å². The minimum absolute atomic E-state index is 0.0202. The molecule has 0 aliphatic rings. The van der Waals surface area contributed by atoms with Crippen LogP contribution in [0.5, 0.6) is 5.75 Å². The third-order valence-corrected chi connectivity index (χ3v) is 3.71. The molecule has 6 nitrogen and oxygen atoms in total. The van der Waals surface area contributed by atoms with Crippen LogP contribution in [0.1, 0.15) is 33.2 Å². The van der Waals surface area contributed by atoms with Gasteiger partial charge < -0.3 is 15.4 Å². The van der Waals surface area contributed by atoms with Crippen LogP contribution in [0.4, 0.5) is 5.69 Å². The Hall–Kier alpha value is -3.15. The Morgan fingerprint density at radius 1 is 1.08 bits per heavy atom. The first kappa shape index (κ1) is 18.2. The van der Waals surface area contributed by atoms with Gasteiger partial charge >= 0.3 is 0 Å². The van der Waals surface area contributed by atoms with E-state index in [4.69, 9.17) is 4.74 Å². The zero-order valence-corrected chi connectivity index (χ0v) is 14.4. The Morgan fingerprint density at radius 2 is 1.80 bits per heavy atom. The predicted octanol–water partition coefficient (Wildman–Crippen LogP) is 2.44. The summed E-state index contributed by atoms with van der Waals surface area (Å²) in [6.07, 6.45) is 0.0202. The van der Waals surface area contributed by atoms with Crippen LogP contribution in [0.15, 0.2) is 42.5 Å². The number of benzene rings is 2. The Morgan fingerprint density at radius 3 is 2.44 bits per heavy atom. The second-order valence-corrected chi connectivity index (χ2v) is 5.43. The van der Waals surface area contributed by atoms with E-state index < -0.39 is 0 Å². The average molecular weight is 340 g/mol. The molecule has 0 saturated heterocycles. The summed E-state index contributed by atoms with van der Waals surface area (Å²) in [5.41, 5.74) is 1.91. The van der Waals surface area contributed by atoms with E-state index in [2.05, 4.69) is 10.6 Å². The Kier molecular flexibility index (Phi) is 5.89. The number of carbonyl (C=O) groups excluding carboxylic acids is 3. The van der Waals surface area contributed by atoms with Crippen LogP contribution in [0.3, 0.4) is 0 Å². The van der Waals surface area contributed by atoms with Gasteiger partial charge in [-0.2, -0.15) is 0 Å². The number of anilines is 1. The number of rotatable bonds is 6. The summed E-state index contributed by atoms with van der Waals surface area (Å²) in [5, 5.41) is 5.27. The molecule has 0 fully saturated rings. The molecule has 0 atom stereocenters. The first-order valence-corrected chi connectivity index (χ1v) is 7.75. The van der Waals surface area contributed by atoms with E-state index in [1.165, 1.54) is 21.1 Å². The SMILES string of the molecule is CNC(=O)c1ccccc1NC(=O)Cc1cc(C(C)=O)ccc1OC. The van der Waals surface area contributed by atoms with Crippen molar-refractivity contribution in [2.45, 2.75) is 13.3 Å². The number of nitrogens with one attached hydrogen (secondary N) is 2. The molecule has 2 aromatic carbocycles. The summed E-state index contributed by atoms with van der Waals surface area (Å²) in [6.45, 7) is 1.46. The first-order valence-electron chi connectivity index (χ1n) is 7.75. The van der Waals surface area contributed by atoms with Crippen molar-refractivity contribution in [2.75, 3.05) is 19.5 Å². The van der Waals surface area contributed by atoms with Crippen molar-refractivity contribution in [3.63, 3.8) is 0 Å². The van der Waals surface area contributed by atoms with Crippen molar-refractivity contribution >= 4 is 23.3 Å². The van der Waals surface area contributed by atoms with Gasteiger partial charge in [-0.3, -0.25) is 14.4 Å². The van der Waals surface area contributed by atoms with E-state index in [0.717, 1.165) is 0 Å². The summed E-state index contributed by atoms with van der Waals surface area (Å²) in [5.74, 6) is -0.156. The third-order valence-electron chi connectivity index (χ3n) is 3.71. The third kappa shape index (κ3) is 4.44. The quantitative estimate of drug-likeness (QED) is 0.791. The number of carbonyl (C=O) groups is 3. The van der Waals surface area contributed by atoms with E-state index in [1.807, 2.05) is 0 Å². The number of para-hydroxylation sites is 1. The van der Waals surface area contributed by atoms with Gasteiger partial charge in [-0.15, -0.1) is 0 Å². The molecule has 2 aromatic rings. The van der Waals surface area contributed by atoms with Gasteiger partial charge in [-0.1, -0.05) is 12.1 Å². The van der Waals surface area contributed by atoms with Crippen LogP contribution < -0.4 is 15.4 Å². The Balaban J connectivity index is 2.23. The topological polar surface area (TPSA) is 84.5 Å². The molecule has 0 aliphatic heterocycles. The Bertz CT molecular complexity index is 815. The summed E-state index contributed by atoms with van der Waals surface area (Å²) in [4.78, 5) is 35.8. The normalized spacial score (nSPS) is 10.0. The smallest absolute Gasteiger partial charge is 0.253 e. The fourth-order valence-corrected chi connectivity index (χ4v) is 2.43. The molecule has 0 saturated carbocycles. The standard InChI is InChI=1S/C19H20N2O4/c1-12(22)13-8-9-17(25-3)14(10-13)11-18(23)21-16-7-5-4-6-15(16)19(24)20-2/h4-10H,11H2,1-3H3,(H,20,24)(H,21,23). The molecule has 0 heterocycles. The van der Waals surface area contributed by atoms with Crippen LogP contribution >= 0.6 is 0 Å². The number of methoxy groups -OCH3 is 1. The van der Waals surface area contributed by atoms with Gasteiger partial charge in [0.05, 0.1) is 24.8 Å². The lowest BCUT2D eigenvalue weighted by Gasteiger charge is -2.12. The van der Waals surface area contributed by atoms with Crippen LogP contribution in [0.2, 0.25) is 0 Å². The second-order valence-electron chi connectivity index (χ2n) is 5.43. The monoisotopic (exact) mass is 340 g/mol. The fraction of sp³-hybridized carbons (Fsp3) is 0.211. The molecule has 0 radical (unpaired) electrons. The van der Waals surface area contributed by atoms with Gasteiger partial charge in [-0.05, 0) is 37.3 Å². The van der Waals surface area contributed by atoms with Crippen molar-refractivity contribution in [1.29, 1.82) is 0 Å². The highest BCUT2D eigenvalue weighted by Crippen LogP contribution is 2.22. The average Bonchev–Trinajstić information content (AvgIpc) is 2.61. The summed E-state index contributed by atoms with van der Waals surface area (Å²) in [7, 11) is 3.03. The molecule has 2 N–H and O–H groups in total. The highest BCUT2D eigenvalue weighted by Gasteiger charge is 2.15. The van der Waals surface area contributed by atoms with E-state index in [-0.39, 0.29) is 24.0 Å². The molecule has 2 amide bonds. The Labute approximate surface area is 146 Å². The summed E-state index contributed by atoms with van der Waals surface area (Å²) >= 11 is 0. The van der Waals surface area contributed by atoms with Crippen LogP contribution in [0.25, 0.3) is 0 Å². The van der Waals surface area contributed by atoms with Crippen molar-refractivity contribution in [3.05, 3.63) is 59.2 Å². The minimum atomic E-state index is -0.310. The molecule has 2 rings (SSSR count). The molecular weight excluding hydrogens is 320 g/mol. The molecule has 0 unspecified atom stereocenters. The molecular formula is C19H20N2O4. The lowest BCUT2D eigenvalue weighted by molar-refractivity contribution is -0.115. The van der Waals surface area contributed by atoms with Gasteiger partial charge in [0.1, 0.15) is 5.75 Å². The van der Waals surface area contributed by atoms with Crippen LogP contribution in [0, 0.1) is 0 Å². The number of Topliss-reactive ketones (excluding diaryl/α,β-unsaturated/α-hetero) is 1. The lowest BCUT2D eigenvalue weighted by atomic mass is 10.0. The molecule has 6 heteroatoms. The van der Waals surface area contributed by atoms with Gasteiger partial charge in [0.25, 0.3) is 5.91 Å². The second kappa shape index (κ2) is 8.10. The predicted molar refractivity (Wildman–Crippen MR) is 95.2 cm³/mol. The molecule has 25 heavy (non-hydrogen) atoms. The van der Waals surface area contributed by atoms with Crippen molar-refractivity contribution in [2.24, 2.45) is 0 Å². The van der Waals surface area contributed by atoms with Gasteiger partial charge in [-0.25, -0.2) is 0 Å². The zero-order chi connectivity index (χ0) is 18.4. The maximum absolute atomic E-state index is 12.4. The maximum atomic E-state index is 12.4. The number of ketones is 1. The molecule has 0 spiro atoms. The van der Waals surface area contributed by atoms with Crippen LogP contribution in [-0.4, -0.2) is 31.8 Å². The van der Waals surface area contributed by atoms with Crippen molar-refractivity contribution < 1.29 is 19.1 Å². The van der Waals surface area contributed by atoms with Gasteiger partial charge in [0, 0.05) is 18.2 Å². The highest BCUT2D eigenvalue weighted by molar-refractivity contribution is 6.04. The molecule has 130 valence electrons. The molecule has 0 aromatic heterocycles. The van der Waals surface area contributed by atoms with Gasteiger partial charge in [0.15, 0.2) is 5.78 Å². The zero-order valence-electron chi connectivity index (χ0n) is 14.4. The minimum Gasteiger partial charge on any atom is -0.496 e. The van der Waals surface area contributed by atoms with Crippen molar-refractivity contribution in [3.8, 4) is 5.75 Å². The van der Waals surface area contributed by atoms with Crippen molar-refractivity contribution in [1.82, 2.24) is 5.32 Å². The fourth-order valence-electron chi connectivity index (χ4n) is 2.43. The van der Waals surface area contributed by atoms with Gasteiger partial charge in [0.2, 0.25) is 5.91 Å². The van der Waals surface area contributed by atoms with E-state index in [1.54, 1.807) is 42.5 Å². The first-order chi connectivity index (χ1) is 12.0. The number of hydrogen-bond donors (Lipinski definition) is 2. The number of hydrogen-bond acceptors (Lipinski definition) is 4. The summed E-state index contributed by atoms with van der Waals surface area (Å²) < 4.78 is 5.26. The van der Waals surface area contributed by atoms with E-state index in [9.17, 15) is 14.4 Å². The molecule has 0 aliphatic carbocycles. The largest absolute Gasteiger partial charge is 0.496 e. The number of amides is 2.